The third kappa shape index (κ3) is 2.57. The topological polar surface area (TPSA) is 87.7 Å². The van der Waals surface area contributed by atoms with Gasteiger partial charge in [0.15, 0.2) is 0 Å². The molecule has 3 aromatic rings. The van der Waals surface area contributed by atoms with Crippen LogP contribution in [-0.4, -0.2) is 21.1 Å². The van der Waals surface area contributed by atoms with Crippen molar-refractivity contribution in [2.24, 2.45) is 0 Å². The van der Waals surface area contributed by atoms with Gasteiger partial charge in [-0.15, -0.1) is 11.3 Å². The monoisotopic (exact) mass is 286 g/mol. The molecule has 20 heavy (non-hydrogen) atoms. The molecule has 0 bridgehead atoms. The molecule has 0 atom stereocenters. The van der Waals surface area contributed by atoms with Crippen LogP contribution in [0.4, 0.5) is 0 Å². The number of carbonyl (C=O) groups excluding carboxylic acids is 1. The number of para-hydroxylation sites is 1. The fraction of sp³-hybridized carbons (Fsp3) is 0.0769. The highest BCUT2D eigenvalue weighted by Gasteiger charge is 2.09. The summed E-state index contributed by atoms with van der Waals surface area (Å²) in [5.41, 5.74) is 0.752. The van der Waals surface area contributed by atoms with Gasteiger partial charge in [-0.25, -0.2) is 10.1 Å². The average molecular weight is 286 g/mol. The molecule has 0 saturated carbocycles. The van der Waals surface area contributed by atoms with Crippen LogP contribution in [0.25, 0.3) is 10.2 Å². The van der Waals surface area contributed by atoms with Crippen molar-refractivity contribution >= 4 is 27.5 Å². The van der Waals surface area contributed by atoms with Crippen molar-refractivity contribution in [2.45, 2.75) is 6.54 Å². The molecule has 0 spiro atoms. The van der Waals surface area contributed by atoms with Gasteiger partial charge in [-0.3, -0.25) is 9.59 Å². The van der Waals surface area contributed by atoms with Crippen LogP contribution in [0.2, 0.25) is 0 Å². The first kappa shape index (κ1) is 12.5. The molecular formula is C13H10N4O2S. The van der Waals surface area contributed by atoms with Gasteiger partial charge in [0.2, 0.25) is 0 Å². The molecule has 1 aromatic carbocycles. The highest BCUT2D eigenvalue weighted by atomic mass is 32.1. The highest BCUT2D eigenvalue weighted by molar-refractivity contribution is 7.18. The molecule has 6 nitrogen and oxygen atoms in total. The highest BCUT2D eigenvalue weighted by Crippen LogP contribution is 2.21. The predicted octanol–water partition coefficient (Wildman–Crippen LogP) is 1.31. The Morgan fingerprint density at radius 2 is 2.10 bits per heavy atom. The van der Waals surface area contributed by atoms with Gasteiger partial charge in [-0.1, -0.05) is 12.1 Å². The molecule has 0 radical (unpaired) electrons. The van der Waals surface area contributed by atoms with Gasteiger partial charge in [-0.05, 0) is 18.2 Å². The molecule has 0 fully saturated rings. The number of H-pyrrole nitrogens is 1. The molecule has 100 valence electrons. The number of aromatic amines is 1. The SMILES string of the molecule is O=C(NCc1nc2ccccc2s1)c1ccc(=O)[nH]n1. The molecule has 2 heterocycles. The lowest BCUT2D eigenvalue weighted by Gasteiger charge is -2.00. The second-order valence-electron chi connectivity index (χ2n) is 4.06. The summed E-state index contributed by atoms with van der Waals surface area (Å²) in [5, 5.41) is 9.43. The van der Waals surface area contributed by atoms with Crippen LogP contribution in [0.1, 0.15) is 15.5 Å². The van der Waals surface area contributed by atoms with Crippen molar-refractivity contribution in [1.82, 2.24) is 20.5 Å². The van der Waals surface area contributed by atoms with E-state index in [0.29, 0.717) is 6.54 Å². The Labute approximate surface area is 117 Å². The number of thiazole rings is 1. The Hall–Kier alpha value is -2.54. The summed E-state index contributed by atoms with van der Waals surface area (Å²) < 4.78 is 1.08. The Morgan fingerprint density at radius 1 is 1.25 bits per heavy atom. The molecule has 0 aliphatic rings. The fourth-order valence-electron chi connectivity index (χ4n) is 1.71. The summed E-state index contributed by atoms with van der Waals surface area (Å²) in [6.45, 7) is 0.332. The molecular weight excluding hydrogens is 276 g/mol. The zero-order valence-corrected chi connectivity index (χ0v) is 11.1. The van der Waals surface area contributed by atoms with Crippen LogP contribution in [0.5, 0.6) is 0 Å². The standard InChI is InChI=1S/C13H10N4O2S/c18-11-6-5-9(16-17-11)13(19)14-7-12-15-8-3-1-2-4-10(8)20-12/h1-6H,7H2,(H,14,19)(H,17,18). The lowest BCUT2D eigenvalue weighted by Crippen LogP contribution is -2.25. The van der Waals surface area contributed by atoms with E-state index in [-0.39, 0.29) is 17.2 Å². The van der Waals surface area contributed by atoms with Gasteiger partial charge in [0.05, 0.1) is 16.8 Å². The Morgan fingerprint density at radius 3 is 2.85 bits per heavy atom. The number of benzene rings is 1. The quantitative estimate of drug-likeness (QED) is 0.760. The number of amides is 1. The number of hydrogen-bond donors (Lipinski definition) is 2. The minimum atomic E-state index is -0.347. The molecule has 3 rings (SSSR count). The largest absolute Gasteiger partial charge is 0.344 e. The summed E-state index contributed by atoms with van der Waals surface area (Å²) in [7, 11) is 0. The van der Waals surface area contributed by atoms with E-state index in [2.05, 4.69) is 20.5 Å². The molecule has 0 aliphatic heterocycles. The first-order valence-electron chi connectivity index (χ1n) is 5.91. The van der Waals surface area contributed by atoms with E-state index in [1.165, 1.54) is 23.5 Å². The van der Waals surface area contributed by atoms with Crippen LogP contribution in [-0.2, 0) is 6.54 Å². The molecule has 0 saturated heterocycles. The number of carbonyl (C=O) groups is 1. The van der Waals surface area contributed by atoms with E-state index in [1.807, 2.05) is 24.3 Å². The van der Waals surface area contributed by atoms with Gasteiger partial charge in [0.25, 0.3) is 11.5 Å². The van der Waals surface area contributed by atoms with E-state index in [0.717, 1.165) is 15.2 Å². The van der Waals surface area contributed by atoms with Gasteiger partial charge in [-0.2, -0.15) is 5.10 Å². The van der Waals surface area contributed by atoms with Crippen molar-refractivity contribution in [1.29, 1.82) is 0 Å². The van der Waals surface area contributed by atoms with Crippen LogP contribution in [0.15, 0.2) is 41.2 Å². The Bertz CT molecular complexity index is 771. The van der Waals surface area contributed by atoms with Gasteiger partial charge in [0, 0.05) is 6.07 Å². The smallest absolute Gasteiger partial charge is 0.272 e. The normalized spacial score (nSPS) is 10.6. The molecule has 7 heteroatoms. The minimum Gasteiger partial charge on any atom is -0.344 e. The first-order valence-corrected chi connectivity index (χ1v) is 6.72. The molecule has 2 aromatic heterocycles. The molecule has 0 unspecified atom stereocenters. The van der Waals surface area contributed by atoms with Crippen molar-refractivity contribution in [3.05, 3.63) is 57.5 Å². The third-order valence-electron chi connectivity index (χ3n) is 2.65. The summed E-state index contributed by atoms with van der Waals surface area (Å²) in [5.74, 6) is -0.347. The third-order valence-corrected chi connectivity index (χ3v) is 3.69. The Balaban J connectivity index is 1.71. The van der Waals surface area contributed by atoms with Crippen LogP contribution >= 0.6 is 11.3 Å². The van der Waals surface area contributed by atoms with Crippen LogP contribution < -0.4 is 10.9 Å². The van der Waals surface area contributed by atoms with E-state index in [9.17, 15) is 9.59 Å². The number of nitrogens with one attached hydrogen (secondary N) is 2. The summed E-state index contributed by atoms with van der Waals surface area (Å²) in [4.78, 5) is 27.1. The van der Waals surface area contributed by atoms with Gasteiger partial charge < -0.3 is 5.32 Å². The van der Waals surface area contributed by atoms with Crippen LogP contribution in [0.3, 0.4) is 0 Å². The Kier molecular flexibility index (Phi) is 3.26. The maximum absolute atomic E-state index is 11.8. The van der Waals surface area contributed by atoms with E-state index in [1.54, 1.807) is 0 Å². The number of nitrogens with zero attached hydrogens (tertiary/aromatic N) is 2. The molecule has 0 aliphatic carbocycles. The number of aromatic nitrogens is 3. The van der Waals surface area contributed by atoms with Crippen molar-refractivity contribution in [2.75, 3.05) is 0 Å². The molecule has 2 N–H and O–H groups in total. The predicted molar refractivity (Wildman–Crippen MR) is 75.6 cm³/mol. The number of rotatable bonds is 3. The van der Waals surface area contributed by atoms with E-state index < -0.39 is 0 Å². The summed E-state index contributed by atoms with van der Waals surface area (Å²) in [6, 6.07) is 10.4. The zero-order chi connectivity index (χ0) is 13.9. The number of hydrogen-bond acceptors (Lipinski definition) is 5. The summed E-state index contributed by atoms with van der Waals surface area (Å²) >= 11 is 1.53. The van der Waals surface area contributed by atoms with Crippen LogP contribution in [0, 0.1) is 0 Å². The van der Waals surface area contributed by atoms with Gasteiger partial charge >= 0.3 is 0 Å². The lowest BCUT2D eigenvalue weighted by molar-refractivity contribution is 0.0945. The summed E-state index contributed by atoms with van der Waals surface area (Å²) in [6.07, 6.45) is 0. The molecule has 1 amide bonds. The second-order valence-corrected chi connectivity index (χ2v) is 5.18. The van der Waals surface area contributed by atoms with Gasteiger partial charge in [0.1, 0.15) is 10.7 Å². The fourth-order valence-corrected chi connectivity index (χ4v) is 2.62. The van der Waals surface area contributed by atoms with Crippen molar-refractivity contribution in [3.8, 4) is 0 Å². The minimum absolute atomic E-state index is 0.172. The van der Waals surface area contributed by atoms with E-state index >= 15 is 0 Å². The maximum Gasteiger partial charge on any atom is 0.272 e. The lowest BCUT2D eigenvalue weighted by atomic mass is 10.3. The number of fused-ring (bicyclic) bond motifs is 1. The maximum atomic E-state index is 11.8. The van der Waals surface area contributed by atoms with Crippen molar-refractivity contribution < 1.29 is 4.79 Å². The average Bonchev–Trinajstić information content (AvgIpc) is 2.88. The first-order chi connectivity index (χ1) is 9.72. The van der Waals surface area contributed by atoms with E-state index in [4.69, 9.17) is 0 Å². The van der Waals surface area contributed by atoms with Crippen molar-refractivity contribution in [3.63, 3.8) is 0 Å². The zero-order valence-electron chi connectivity index (χ0n) is 10.3. The second kappa shape index (κ2) is 5.22.